The van der Waals surface area contributed by atoms with Gasteiger partial charge < -0.3 is 4.89 Å². The molecule has 20 heavy (non-hydrogen) atoms. The maximum Gasteiger partial charge on any atom is 0.366 e. The van der Waals surface area contributed by atoms with E-state index in [2.05, 4.69) is 65.5 Å². The predicted molar refractivity (Wildman–Crippen MR) is 97.8 cm³/mol. The molecule has 7 heteroatoms. The van der Waals surface area contributed by atoms with Crippen molar-refractivity contribution in [2.75, 3.05) is 0 Å². The lowest BCUT2D eigenvalue weighted by Gasteiger charge is -2.51. The van der Waals surface area contributed by atoms with E-state index in [0.29, 0.717) is 5.57 Å². The molecule has 0 aliphatic rings. The van der Waals surface area contributed by atoms with E-state index in [-0.39, 0.29) is 0 Å². The number of carbonyl (C=O) groups is 1. The number of hydrogen-bond acceptors (Lipinski definition) is 3. The van der Waals surface area contributed by atoms with Crippen molar-refractivity contribution in [1.29, 1.82) is 0 Å². The van der Waals surface area contributed by atoms with Crippen molar-refractivity contribution in [2.24, 2.45) is 0 Å². The number of rotatable bonds is 6. The van der Waals surface area contributed by atoms with Gasteiger partial charge in [-0.25, -0.2) is 9.37 Å². The molecule has 0 aromatic carbocycles. The first-order valence-corrected chi connectivity index (χ1v) is 22.5. The Bertz CT molecular complexity index is 395. The molecule has 0 aliphatic carbocycles. The summed E-state index contributed by atoms with van der Waals surface area (Å²) < 4.78 is 5.75. The summed E-state index contributed by atoms with van der Waals surface area (Å²) in [6, 6.07) is 0. The second-order valence-electron chi connectivity index (χ2n) is 8.24. The van der Waals surface area contributed by atoms with E-state index in [4.69, 9.17) is 9.46 Å². The van der Waals surface area contributed by atoms with E-state index < -0.39 is 35.6 Å². The quantitative estimate of drug-likeness (QED) is 0.312. The van der Waals surface area contributed by atoms with Crippen LogP contribution in [0.4, 0.5) is 0 Å². The zero-order valence-corrected chi connectivity index (χ0v) is 18.9. The molecule has 118 valence electrons. The van der Waals surface area contributed by atoms with Gasteiger partial charge in [0.25, 0.3) is 0 Å². The Morgan fingerprint density at radius 1 is 0.850 bits per heavy atom. The summed E-state index contributed by atoms with van der Waals surface area (Å²) in [6.45, 7) is 27.0. The molecule has 0 saturated carbocycles. The Balaban J connectivity index is 5.27. The van der Waals surface area contributed by atoms with Gasteiger partial charge in [-0.1, -0.05) is 52.4 Å². The fraction of sp³-hybridized carbons (Fsp3) is 0.769. The van der Waals surface area contributed by atoms with Gasteiger partial charge in [-0.3, -0.25) is 0 Å². The van der Waals surface area contributed by atoms with Gasteiger partial charge in [0.05, 0.1) is 7.11 Å². The van der Waals surface area contributed by atoms with Crippen molar-refractivity contribution in [3.05, 3.63) is 12.2 Å². The van der Waals surface area contributed by atoms with E-state index in [1.807, 2.05) is 0 Å². The molecule has 0 rings (SSSR count). The van der Waals surface area contributed by atoms with Gasteiger partial charge >= 0.3 is 5.97 Å². The number of carbonyl (C=O) groups excluding carboxylic acids is 1. The predicted octanol–water partition coefficient (Wildman–Crippen LogP) is 4.23. The summed E-state index contributed by atoms with van der Waals surface area (Å²) in [4.78, 5) is 16.6. The second-order valence-corrected chi connectivity index (χ2v) is 48.5. The largest absolute Gasteiger partial charge is 0.366 e. The monoisotopic (exact) mass is 348 g/mol. The first kappa shape index (κ1) is 20.0. The molecular formula is C13H32O3Si4. The lowest BCUT2D eigenvalue weighted by molar-refractivity contribution is -0.213. The second kappa shape index (κ2) is 6.03. The van der Waals surface area contributed by atoms with Crippen molar-refractivity contribution in [1.82, 2.24) is 0 Å². The highest BCUT2D eigenvalue weighted by Gasteiger charge is 2.60. The van der Waals surface area contributed by atoms with Crippen LogP contribution in [0, 0.1) is 0 Å². The number of hydrogen-bond donors (Lipinski definition) is 0. The SMILES string of the molecule is C=C(C)C(=O)OO[Si](C)(C)[Si](C)(C)[Si](C)(C)[Si](C)(C)C. The molecule has 0 unspecified atom stereocenters. The molecule has 0 fully saturated rings. The fourth-order valence-electron chi connectivity index (χ4n) is 2.01. The zero-order valence-electron chi connectivity index (χ0n) is 14.9. The fourth-order valence-corrected chi connectivity index (χ4v) is 65.8. The van der Waals surface area contributed by atoms with E-state index in [1.165, 1.54) is 0 Å². The summed E-state index contributed by atoms with van der Waals surface area (Å²) in [6.07, 6.45) is 0. The van der Waals surface area contributed by atoms with Gasteiger partial charge in [0, 0.05) is 20.3 Å². The minimum absolute atomic E-state index is 0.385. The molecule has 0 aliphatic heterocycles. The Morgan fingerprint density at radius 3 is 1.55 bits per heavy atom. The topological polar surface area (TPSA) is 35.5 Å². The normalized spacial score (nSPS) is 14.1. The standard InChI is InChI=1S/C13H32O3Si4/c1-12(2)13(14)15-16-18(6,7)20(10,11)19(8,9)17(3,4)5/h1H2,2-11H3. The van der Waals surface area contributed by atoms with Gasteiger partial charge in [-0.15, -0.1) is 0 Å². The molecule has 0 aromatic heterocycles. The van der Waals surface area contributed by atoms with Crippen LogP contribution < -0.4 is 0 Å². The van der Waals surface area contributed by atoms with Crippen molar-refractivity contribution < 1.29 is 14.3 Å². The molecule has 0 heterocycles. The highest BCUT2D eigenvalue weighted by atomic mass is 29.8. The van der Waals surface area contributed by atoms with Crippen LogP contribution in [0.2, 0.25) is 58.9 Å². The summed E-state index contributed by atoms with van der Waals surface area (Å²) >= 11 is 0. The average Bonchev–Trinajstić information content (AvgIpc) is 2.23. The molecule has 0 saturated heterocycles. The van der Waals surface area contributed by atoms with Gasteiger partial charge in [0.1, 0.15) is 0 Å². The van der Waals surface area contributed by atoms with Crippen LogP contribution >= 0.6 is 0 Å². The maximum absolute atomic E-state index is 11.6. The highest BCUT2D eigenvalue weighted by molar-refractivity contribution is 7.82. The highest BCUT2D eigenvalue weighted by Crippen LogP contribution is 2.35. The maximum atomic E-state index is 11.6. The molecular weight excluding hydrogens is 316 g/mol. The Morgan fingerprint density at radius 2 is 1.25 bits per heavy atom. The Labute approximate surface area is 128 Å². The third kappa shape index (κ3) is 3.82. The average molecular weight is 349 g/mol. The lowest BCUT2D eigenvalue weighted by atomic mass is 10.4. The zero-order chi connectivity index (χ0) is 16.6. The van der Waals surface area contributed by atoms with Crippen LogP contribution in [0.3, 0.4) is 0 Å². The lowest BCUT2D eigenvalue weighted by Crippen LogP contribution is -2.79. The Hall–Kier alpha value is 0.0375. The van der Waals surface area contributed by atoms with E-state index >= 15 is 0 Å². The van der Waals surface area contributed by atoms with Crippen LogP contribution in [-0.4, -0.2) is 35.6 Å². The third-order valence-electron chi connectivity index (χ3n) is 5.62. The van der Waals surface area contributed by atoms with Gasteiger partial charge in [0.15, 0.2) is 0 Å². The summed E-state index contributed by atoms with van der Waals surface area (Å²) in [5.41, 5.74) is 0.385. The van der Waals surface area contributed by atoms with Gasteiger partial charge in [-0.2, -0.15) is 0 Å². The first-order valence-electron chi connectivity index (χ1n) is 7.13. The van der Waals surface area contributed by atoms with Crippen molar-refractivity contribution in [3.63, 3.8) is 0 Å². The summed E-state index contributed by atoms with van der Waals surface area (Å²) in [5, 5.41) is 0. The van der Waals surface area contributed by atoms with Crippen molar-refractivity contribution >= 4 is 35.6 Å². The van der Waals surface area contributed by atoms with Crippen LogP contribution in [0.1, 0.15) is 6.92 Å². The van der Waals surface area contributed by atoms with E-state index in [0.717, 1.165) is 0 Å². The van der Waals surface area contributed by atoms with Crippen LogP contribution in [0.15, 0.2) is 12.2 Å². The molecule has 3 nitrogen and oxygen atoms in total. The van der Waals surface area contributed by atoms with E-state index in [9.17, 15) is 4.79 Å². The van der Waals surface area contributed by atoms with Crippen LogP contribution in [-0.2, 0) is 14.3 Å². The van der Waals surface area contributed by atoms with Crippen molar-refractivity contribution in [3.8, 4) is 0 Å². The molecule has 0 bridgehead atoms. The minimum atomic E-state index is -2.03. The molecule has 0 spiro atoms. The van der Waals surface area contributed by atoms with Crippen LogP contribution in [0.25, 0.3) is 0 Å². The van der Waals surface area contributed by atoms with Gasteiger partial charge in [-0.05, 0) is 20.0 Å². The third-order valence-corrected chi connectivity index (χ3v) is 71.6. The van der Waals surface area contributed by atoms with Gasteiger partial charge in [0.2, 0.25) is 7.83 Å². The van der Waals surface area contributed by atoms with E-state index in [1.54, 1.807) is 6.92 Å². The van der Waals surface area contributed by atoms with Crippen LogP contribution in [0.5, 0.6) is 0 Å². The first-order chi connectivity index (χ1) is 8.58. The smallest absolute Gasteiger partial charge is 0.305 e. The summed E-state index contributed by atoms with van der Waals surface area (Å²) in [5.74, 6) is -0.442. The minimum Gasteiger partial charge on any atom is -0.305 e. The Kier molecular flexibility index (Phi) is 6.05. The molecule has 0 amide bonds. The molecule has 0 radical (unpaired) electrons. The molecule has 0 aromatic rings. The van der Waals surface area contributed by atoms with Crippen molar-refractivity contribution in [2.45, 2.75) is 65.8 Å². The molecule has 0 atom stereocenters. The summed E-state index contributed by atoms with van der Waals surface area (Å²) in [7, 11) is -6.20. The molecule has 0 N–H and O–H groups in total.